The van der Waals surface area contributed by atoms with Crippen LogP contribution in [-0.2, 0) is 10.8 Å². The second-order valence-corrected chi connectivity index (χ2v) is 27.6. The second kappa shape index (κ2) is 26.3. The molecule has 1 fully saturated rings. The first-order valence-corrected chi connectivity index (χ1v) is 34.6. The number of piperazine rings is 1. The van der Waals surface area contributed by atoms with Crippen molar-refractivity contribution in [2.45, 2.75) is 195 Å². The molecule has 82 heavy (non-hydrogen) atoms. The number of nitrogens with zero attached hydrogens (tertiary/aromatic N) is 4. The van der Waals surface area contributed by atoms with Crippen molar-refractivity contribution >= 4 is 54.5 Å². The predicted molar refractivity (Wildman–Crippen MR) is 359 cm³/mol. The Morgan fingerprint density at radius 1 is 0.390 bits per heavy atom. The Balaban J connectivity index is 0.949. The summed E-state index contributed by atoms with van der Waals surface area (Å²) in [6, 6.07) is 47.9. The number of unbranched alkanes of at least 4 members (excludes halogenated alkanes) is 4. The van der Waals surface area contributed by atoms with Crippen LogP contribution in [0.3, 0.4) is 0 Å². The van der Waals surface area contributed by atoms with E-state index in [1.807, 2.05) is 22.7 Å². The summed E-state index contributed by atoms with van der Waals surface area (Å²) >= 11 is 3.70. The summed E-state index contributed by atoms with van der Waals surface area (Å²) in [4.78, 5) is 16.0. The highest BCUT2D eigenvalue weighted by atomic mass is 32.1. The molecule has 0 amide bonds. The van der Waals surface area contributed by atoms with Crippen LogP contribution < -0.4 is 9.80 Å². The summed E-state index contributed by atoms with van der Waals surface area (Å²) in [7, 11) is 0. The third-order valence-electron chi connectivity index (χ3n) is 20.5. The lowest BCUT2D eigenvalue weighted by Crippen LogP contribution is -2.46. The van der Waals surface area contributed by atoms with Gasteiger partial charge in [-0.2, -0.15) is 0 Å². The Bertz CT molecular complexity index is 3080. The maximum atomic E-state index is 5.25. The van der Waals surface area contributed by atoms with E-state index in [9.17, 15) is 0 Å². The normalized spacial score (nSPS) is 18.9. The van der Waals surface area contributed by atoms with E-state index in [0.717, 1.165) is 47.2 Å². The molecule has 6 aromatic carbocycles. The van der Waals surface area contributed by atoms with Gasteiger partial charge in [0.2, 0.25) is 0 Å². The minimum absolute atomic E-state index is 0.0533. The number of hydrogen-bond donors (Lipinski definition) is 0. The van der Waals surface area contributed by atoms with Gasteiger partial charge in [-0.05, 0) is 155 Å². The fourth-order valence-corrected chi connectivity index (χ4v) is 17.6. The number of aromatic nitrogens is 2. The Morgan fingerprint density at radius 3 is 1.02 bits per heavy atom. The number of benzene rings is 6. The van der Waals surface area contributed by atoms with E-state index in [0.29, 0.717) is 23.7 Å². The third-order valence-corrected chi connectivity index (χ3v) is 22.7. The molecule has 3 aliphatic rings. The quantitative estimate of drug-likeness (QED) is 0.0489. The van der Waals surface area contributed by atoms with Crippen molar-refractivity contribution in [3.63, 3.8) is 0 Å². The highest BCUT2D eigenvalue weighted by Crippen LogP contribution is 2.60. The van der Waals surface area contributed by atoms with E-state index in [-0.39, 0.29) is 10.8 Å². The van der Waals surface area contributed by atoms with Crippen molar-refractivity contribution in [1.29, 1.82) is 0 Å². The van der Waals surface area contributed by atoms with Crippen LogP contribution in [-0.4, -0.2) is 36.1 Å². The molecule has 0 saturated carbocycles. The molecule has 0 spiro atoms. The van der Waals surface area contributed by atoms with Gasteiger partial charge < -0.3 is 9.80 Å². The van der Waals surface area contributed by atoms with Crippen LogP contribution in [0.1, 0.15) is 206 Å². The highest BCUT2D eigenvalue weighted by Gasteiger charge is 2.48. The zero-order valence-corrected chi connectivity index (χ0v) is 53.1. The van der Waals surface area contributed by atoms with E-state index in [2.05, 4.69) is 187 Å². The first kappa shape index (κ1) is 58.5. The zero-order chi connectivity index (χ0) is 56.8. The van der Waals surface area contributed by atoms with Crippen LogP contribution in [0.4, 0.5) is 11.4 Å². The summed E-state index contributed by atoms with van der Waals surface area (Å²) in [5.74, 6) is 2.70. The standard InChI is InChI=1S/C76H96N4S2/c1-9-17-25-53(13-5)49-75(50-54(14-6)26-18-10-2)65-45-57(73-77-69-29-21-23-31-71(69)81-73)33-37-61(65)63-39-35-59(47-67(63)75)79-41-43-80(44-42-79)60-36-40-64-62-38-34-58(74-78-70-30-22-24-32-72(70)82-74)46-66(62)76(68(64)48-60,51-55(15-7)27-19-11-3)52-56(16-8)28-20-12-4/h21-24,29-40,45-48,53-56H,9-20,25-28,41-44,49-52H2,1-8H3. The molecule has 0 N–H and O–H groups in total. The fourth-order valence-electron chi connectivity index (χ4n) is 15.6. The lowest BCUT2D eigenvalue weighted by atomic mass is 9.65. The van der Waals surface area contributed by atoms with Gasteiger partial charge in [-0.1, -0.05) is 219 Å². The molecule has 2 aromatic heterocycles. The number of para-hydroxylation sites is 2. The summed E-state index contributed by atoms with van der Waals surface area (Å²) in [6.45, 7) is 23.5. The topological polar surface area (TPSA) is 32.3 Å². The van der Waals surface area contributed by atoms with Crippen LogP contribution in [0.15, 0.2) is 121 Å². The van der Waals surface area contributed by atoms with Crippen LogP contribution >= 0.6 is 22.7 Å². The average molecular weight is 1130 g/mol. The molecular weight excluding hydrogens is 1030 g/mol. The minimum atomic E-state index is -0.0533. The van der Waals surface area contributed by atoms with Crippen molar-refractivity contribution in [3.8, 4) is 43.4 Å². The average Bonchev–Trinajstić information content (AvgIpc) is 4.47. The van der Waals surface area contributed by atoms with E-state index < -0.39 is 0 Å². The summed E-state index contributed by atoms with van der Waals surface area (Å²) < 4.78 is 2.54. The number of thiazole rings is 2. The van der Waals surface area contributed by atoms with Gasteiger partial charge in [0.05, 0.1) is 20.4 Å². The van der Waals surface area contributed by atoms with Gasteiger partial charge in [0.1, 0.15) is 10.0 Å². The van der Waals surface area contributed by atoms with Crippen LogP contribution in [0, 0.1) is 23.7 Å². The molecule has 11 rings (SSSR count). The smallest absolute Gasteiger partial charge is 0.124 e. The van der Waals surface area contributed by atoms with Crippen molar-refractivity contribution in [2.75, 3.05) is 36.0 Å². The Morgan fingerprint density at radius 2 is 0.707 bits per heavy atom. The lowest BCUT2D eigenvalue weighted by molar-refractivity contribution is 0.266. The van der Waals surface area contributed by atoms with Gasteiger partial charge in [0.15, 0.2) is 0 Å². The third kappa shape index (κ3) is 11.6. The van der Waals surface area contributed by atoms with Gasteiger partial charge in [-0.25, -0.2) is 9.97 Å². The first-order chi connectivity index (χ1) is 40.2. The van der Waals surface area contributed by atoms with E-state index in [1.165, 1.54) is 183 Å². The van der Waals surface area contributed by atoms with Crippen molar-refractivity contribution in [1.82, 2.24) is 9.97 Å². The molecule has 4 unspecified atom stereocenters. The first-order valence-electron chi connectivity index (χ1n) is 33.0. The van der Waals surface area contributed by atoms with Gasteiger partial charge in [-0.3, -0.25) is 0 Å². The largest absolute Gasteiger partial charge is 0.368 e. The molecular formula is C76H96N4S2. The number of hydrogen-bond acceptors (Lipinski definition) is 6. The second-order valence-electron chi connectivity index (χ2n) is 25.6. The fraction of sp³-hybridized carbons (Fsp3) is 0.500. The molecule has 1 aliphatic heterocycles. The summed E-state index contributed by atoms with van der Waals surface area (Å²) in [6.07, 6.45) is 25.3. The molecule has 3 heterocycles. The highest BCUT2D eigenvalue weighted by molar-refractivity contribution is 7.22. The van der Waals surface area contributed by atoms with Gasteiger partial charge >= 0.3 is 0 Å². The van der Waals surface area contributed by atoms with Gasteiger partial charge in [0.25, 0.3) is 0 Å². The van der Waals surface area contributed by atoms with Crippen molar-refractivity contribution in [3.05, 3.63) is 144 Å². The number of rotatable bonds is 28. The maximum absolute atomic E-state index is 5.25. The Labute approximate surface area is 502 Å². The van der Waals surface area contributed by atoms with Crippen LogP contribution in [0.2, 0.25) is 0 Å². The lowest BCUT2D eigenvalue weighted by Gasteiger charge is -2.41. The van der Waals surface area contributed by atoms with E-state index in [4.69, 9.17) is 9.97 Å². The molecule has 1 saturated heterocycles. The van der Waals surface area contributed by atoms with Crippen molar-refractivity contribution < 1.29 is 0 Å². The predicted octanol–water partition coefficient (Wildman–Crippen LogP) is 22.5. The summed E-state index contributed by atoms with van der Waals surface area (Å²) in [5.41, 5.74) is 19.7. The van der Waals surface area contributed by atoms with Crippen molar-refractivity contribution in [2.24, 2.45) is 23.7 Å². The molecule has 6 heteroatoms. The number of fused-ring (bicyclic) bond motifs is 8. The van der Waals surface area contributed by atoms with Crippen LogP contribution in [0.5, 0.6) is 0 Å². The van der Waals surface area contributed by atoms with Gasteiger partial charge in [-0.15, -0.1) is 22.7 Å². The summed E-state index contributed by atoms with van der Waals surface area (Å²) in [5, 5.41) is 2.29. The Kier molecular flexibility index (Phi) is 18.8. The molecule has 8 aromatic rings. The Hall–Kier alpha value is -5.30. The molecule has 0 bridgehead atoms. The van der Waals surface area contributed by atoms with E-state index in [1.54, 1.807) is 22.3 Å². The van der Waals surface area contributed by atoms with Gasteiger partial charge in [0, 0.05) is 59.5 Å². The van der Waals surface area contributed by atoms with E-state index >= 15 is 0 Å². The SMILES string of the molecule is CCCCC(CC)CC1(CC(CC)CCCC)c2cc(-c3nc4ccccc4s3)ccc2-c2ccc(N3CCN(c4ccc5c(c4)C(CC(CC)CCCC)(CC(CC)CCCC)c4cc(-c6nc7ccccc7s6)ccc4-5)CC3)cc21. The molecule has 0 radical (unpaired) electrons. The maximum Gasteiger partial charge on any atom is 0.124 e. The monoisotopic (exact) mass is 1130 g/mol. The molecule has 4 nitrogen and oxygen atoms in total. The minimum Gasteiger partial charge on any atom is -0.368 e. The molecule has 432 valence electrons. The van der Waals surface area contributed by atoms with Crippen LogP contribution in [0.25, 0.3) is 63.8 Å². The zero-order valence-electron chi connectivity index (χ0n) is 51.4. The number of anilines is 2. The molecule has 2 aliphatic carbocycles. The molecule has 4 atom stereocenters.